The first-order valence-corrected chi connectivity index (χ1v) is 7.66. The molecule has 0 radical (unpaired) electrons. The summed E-state index contributed by atoms with van der Waals surface area (Å²) in [7, 11) is 4.83. The molecule has 2 aromatic rings. The molecular weight excluding hydrogens is 310 g/mol. The van der Waals surface area contributed by atoms with Crippen molar-refractivity contribution in [1.29, 1.82) is 0 Å². The highest BCUT2D eigenvalue weighted by atomic mass is 35.5. The van der Waals surface area contributed by atoms with Crippen molar-refractivity contribution in [3.05, 3.63) is 39.0 Å². The first-order valence-electron chi connectivity index (χ1n) is 6.41. The molecule has 114 valence electrons. The van der Waals surface area contributed by atoms with E-state index in [1.165, 1.54) is 4.88 Å². The summed E-state index contributed by atoms with van der Waals surface area (Å²) < 4.78 is 16.1. The lowest BCUT2D eigenvalue weighted by Crippen LogP contribution is -2.13. The van der Waals surface area contributed by atoms with Gasteiger partial charge in [-0.3, -0.25) is 0 Å². The van der Waals surface area contributed by atoms with E-state index >= 15 is 0 Å². The standard InChI is InChI=1S/C15H18ClNO3S/c1-18-13-5-4-10(14(19-2)15(13)20-3)7-17-8-12-6-11(16)9-21-12/h4-6,9,17H,7-8H2,1-3H3. The molecule has 0 saturated heterocycles. The molecular formula is C15H18ClNO3S. The number of hydrogen-bond donors (Lipinski definition) is 1. The fraction of sp³-hybridized carbons (Fsp3) is 0.333. The van der Waals surface area contributed by atoms with Crippen LogP contribution >= 0.6 is 22.9 Å². The lowest BCUT2D eigenvalue weighted by atomic mass is 10.1. The maximum atomic E-state index is 5.91. The first kappa shape index (κ1) is 15.9. The maximum Gasteiger partial charge on any atom is 0.203 e. The van der Waals surface area contributed by atoms with E-state index in [4.69, 9.17) is 25.8 Å². The second kappa shape index (κ2) is 7.54. The number of benzene rings is 1. The first-order chi connectivity index (χ1) is 10.2. The van der Waals surface area contributed by atoms with E-state index in [0.717, 1.165) is 17.1 Å². The molecule has 2 rings (SSSR count). The van der Waals surface area contributed by atoms with E-state index in [0.29, 0.717) is 23.8 Å². The molecule has 0 amide bonds. The largest absolute Gasteiger partial charge is 0.493 e. The molecule has 0 spiro atoms. The maximum absolute atomic E-state index is 5.91. The monoisotopic (exact) mass is 327 g/mol. The molecule has 0 aliphatic rings. The van der Waals surface area contributed by atoms with Gasteiger partial charge < -0.3 is 19.5 Å². The molecule has 0 unspecified atom stereocenters. The summed E-state index contributed by atoms with van der Waals surface area (Å²) in [5.41, 5.74) is 1.01. The molecule has 21 heavy (non-hydrogen) atoms. The van der Waals surface area contributed by atoms with E-state index < -0.39 is 0 Å². The quantitative estimate of drug-likeness (QED) is 0.841. The van der Waals surface area contributed by atoms with Crippen LogP contribution in [0.15, 0.2) is 23.6 Å². The van der Waals surface area contributed by atoms with Gasteiger partial charge in [-0.1, -0.05) is 17.7 Å². The van der Waals surface area contributed by atoms with Gasteiger partial charge in [-0.2, -0.15) is 0 Å². The minimum absolute atomic E-state index is 0.610. The molecule has 6 heteroatoms. The average Bonchev–Trinajstić information content (AvgIpc) is 2.91. The van der Waals surface area contributed by atoms with Crippen LogP contribution in [0, 0.1) is 0 Å². The van der Waals surface area contributed by atoms with Crippen LogP contribution in [0.1, 0.15) is 10.4 Å². The summed E-state index contributed by atoms with van der Waals surface area (Å²) in [6.45, 7) is 1.42. The predicted octanol–water partition coefficient (Wildman–Crippen LogP) is 3.72. The highest BCUT2D eigenvalue weighted by Crippen LogP contribution is 2.39. The van der Waals surface area contributed by atoms with Crippen LogP contribution in [0.25, 0.3) is 0 Å². The SMILES string of the molecule is COc1ccc(CNCc2cc(Cl)cs2)c(OC)c1OC. The molecule has 0 bridgehead atoms. The zero-order chi connectivity index (χ0) is 15.2. The van der Waals surface area contributed by atoms with Crippen LogP contribution < -0.4 is 19.5 Å². The molecule has 0 atom stereocenters. The van der Waals surface area contributed by atoms with Crippen molar-refractivity contribution in [1.82, 2.24) is 5.32 Å². The summed E-state index contributed by atoms with van der Waals surface area (Å²) in [5.74, 6) is 1.95. The van der Waals surface area contributed by atoms with Crippen molar-refractivity contribution in [2.24, 2.45) is 0 Å². The average molecular weight is 328 g/mol. The Morgan fingerprint density at radius 1 is 1.05 bits per heavy atom. The van der Waals surface area contributed by atoms with Gasteiger partial charge in [0.2, 0.25) is 5.75 Å². The third-order valence-corrected chi connectivity index (χ3v) is 4.31. The summed E-state index contributed by atoms with van der Waals surface area (Å²) in [6.07, 6.45) is 0. The number of thiophene rings is 1. The Labute approximate surface area is 133 Å². The van der Waals surface area contributed by atoms with E-state index in [2.05, 4.69) is 5.32 Å². The normalized spacial score (nSPS) is 10.5. The number of halogens is 1. The number of hydrogen-bond acceptors (Lipinski definition) is 5. The van der Waals surface area contributed by atoms with E-state index in [1.54, 1.807) is 32.7 Å². The summed E-state index contributed by atoms with van der Waals surface area (Å²) in [4.78, 5) is 1.19. The Morgan fingerprint density at radius 2 is 1.81 bits per heavy atom. The molecule has 0 saturated carbocycles. The molecule has 0 fully saturated rings. The van der Waals surface area contributed by atoms with Gasteiger partial charge in [-0.25, -0.2) is 0 Å². The molecule has 1 N–H and O–H groups in total. The van der Waals surface area contributed by atoms with Gasteiger partial charge in [0.25, 0.3) is 0 Å². The van der Waals surface area contributed by atoms with Crippen molar-refractivity contribution in [3.63, 3.8) is 0 Å². The smallest absolute Gasteiger partial charge is 0.203 e. The number of ether oxygens (including phenoxy) is 3. The molecule has 1 aromatic carbocycles. The van der Waals surface area contributed by atoms with Gasteiger partial charge in [0.05, 0.1) is 26.4 Å². The van der Waals surface area contributed by atoms with Gasteiger partial charge in [-0.15, -0.1) is 11.3 Å². The van der Waals surface area contributed by atoms with E-state index in [9.17, 15) is 0 Å². The fourth-order valence-corrected chi connectivity index (χ4v) is 3.11. The van der Waals surface area contributed by atoms with Gasteiger partial charge in [0, 0.05) is 28.9 Å². The van der Waals surface area contributed by atoms with Gasteiger partial charge in [0.1, 0.15) is 0 Å². The van der Waals surface area contributed by atoms with Crippen molar-refractivity contribution in [2.75, 3.05) is 21.3 Å². The Morgan fingerprint density at radius 3 is 2.38 bits per heavy atom. The lowest BCUT2D eigenvalue weighted by molar-refractivity contribution is 0.321. The van der Waals surface area contributed by atoms with Crippen LogP contribution in [-0.4, -0.2) is 21.3 Å². The Hall–Kier alpha value is -1.43. The predicted molar refractivity (Wildman–Crippen MR) is 86.0 cm³/mol. The van der Waals surface area contributed by atoms with Crippen molar-refractivity contribution < 1.29 is 14.2 Å². The fourth-order valence-electron chi connectivity index (χ4n) is 2.07. The topological polar surface area (TPSA) is 39.7 Å². The summed E-state index contributed by atoms with van der Waals surface area (Å²) in [5, 5.41) is 6.07. The molecule has 1 aromatic heterocycles. The Kier molecular flexibility index (Phi) is 5.73. The van der Waals surface area contributed by atoms with Crippen molar-refractivity contribution in [3.8, 4) is 17.2 Å². The molecule has 0 aliphatic heterocycles. The van der Waals surface area contributed by atoms with Crippen molar-refractivity contribution >= 4 is 22.9 Å². The molecule has 4 nitrogen and oxygen atoms in total. The minimum atomic E-state index is 0.610. The second-order valence-electron chi connectivity index (χ2n) is 4.33. The lowest BCUT2D eigenvalue weighted by Gasteiger charge is -2.16. The zero-order valence-corrected chi connectivity index (χ0v) is 13.8. The van der Waals surface area contributed by atoms with E-state index in [-0.39, 0.29) is 0 Å². The van der Waals surface area contributed by atoms with Gasteiger partial charge in [0.15, 0.2) is 11.5 Å². The van der Waals surface area contributed by atoms with Crippen molar-refractivity contribution in [2.45, 2.75) is 13.1 Å². The molecule has 1 heterocycles. The number of nitrogens with one attached hydrogen (secondary N) is 1. The van der Waals surface area contributed by atoms with Gasteiger partial charge >= 0.3 is 0 Å². The Balaban J connectivity index is 2.08. The van der Waals surface area contributed by atoms with E-state index in [1.807, 2.05) is 23.6 Å². The van der Waals surface area contributed by atoms with Crippen LogP contribution in [0.3, 0.4) is 0 Å². The summed E-state index contributed by atoms with van der Waals surface area (Å²) >= 11 is 7.55. The summed E-state index contributed by atoms with van der Waals surface area (Å²) in [6, 6.07) is 5.81. The Bertz CT molecular complexity index is 601. The highest BCUT2D eigenvalue weighted by Gasteiger charge is 2.15. The van der Waals surface area contributed by atoms with Crippen LogP contribution in [0.4, 0.5) is 0 Å². The van der Waals surface area contributed by atoms with Gasteiger partial charge in [-0.05, 0) is 12.1 Å². The van der Waals surface area contributed by atoms with Crippen LogP contribution in [0.5, 0.6) is 17.2 Å². The number of rotatable bonds is 7. The third kappa shape index (κ3) is 3.81. The van der Waals surface area contributed by atoms with Crippen LogP contribution in [0.2, 0.25) is 5.02 Å². The highest BCUT2D eigenvalue weighted by molar-refractivity contribution is 7.10. The van der Waals surface area contributed by atoms with Crippen LogP contribution in [-0.2, 0) is 13.1 Å². The molecule has 0 aliphatic carbocycles. The number of methoxy groups -OCH3 is 3. The zero-order valence-electron chi connectivity index (χ0n) is 12.2. The third-order valence-electron chi connectivity index (χ3n) is 3.02. The second-order valence-corrected chi connectivity index (χ2v) is 5.76. The minimum Gasteiger partial charge on any atom is -0.493 e.